The van der Waals surface area contributed by atoms with Gasteiger partial charge in [-0.15, -0.1) is 0 Å². The van der Waals surface area contributed by atoms with Crippen molar-refractivity contribution in [1.82, 2.24) is 9.97 Å². The van der Waals surface area contributed by atoms with Gasteiger partial charge in [-0.05, 0) is 0 Å². The van der Waals surface area contributed by atoms with E-state index in [9.17, 15) is 4.79 Å². The first-order chi connectivity index (χ1) is 6.36. The minimum absolute atomic E-state index is 0.112. The number of carbonyl (C=O) groups excluding carboxylic acids is 1. The molecule has 0 aromatic carbocycles. The van der Waals surface area contributed by atoms with Crippen molar-refractivity contribution in [3.05, 3.63) is 23.8 Å². The van der Waals surface area contributed by atoms with Gasteiger partial charge in [0.05, 0.1) is 12.0 Å². The van der Waals surface area contributed by atoms with E-state index in [1.165, 1.54) is 12.4 Å². The second-order valence-corrected chi connectivity index (χ2v) is 2.08. The van der Waals surface area contributed by atoms with Crippen molar-refractivity contribution in [2.24, 2.45) is 0 Å². The summed E-state index contributed by atoms with van der Waals surface area (Å²) in [5.74, 6) is 5.40. The fourth-order valence-corrected chi connectivity index (χ4v) is 0.645. The molecule has 0 radical (unpaired) electrons. The van der Waals surface area contributed by atoms with Crippen LogP contribution in [0.3, 0.4) is 0 Å². The molecule has 0 aliphatic carbocycles. The van der Waals surface area contributed by atoms with Gasteiger partial charge in [-0.25, -0.2) is 9.97 Å². The molecule has 0 aliphatic heterocycles. The van der Waals surface area contributed by atoms with Crippen LogP contribution in [0.1, 0.15) is 17.8 Å². The molecule has 1 rings (SSSR count). The van der Waals surface area contributed by atoms with Crippen LogP contribution in [0, 0.1) is 23.2 Å². The molecule has 1 aromatic heterocycles. The van der Waals surface area contributed by atoms with E-state index in [1.807, 2.05) is 0 Å². The Morgan fingerprint density at radius 1 is 1.46 bits per heavy atom. The molecule has 0 spiro atoms. The van der Waals surface area contributed by atoms with Crippen LogP contribution in [0.25, 0.3) is 0 Å². The van der Waals surface area contributed by atoms with E-state index >= 15 is 0 Å². The number of nitriles is 1. The number of rotatable bonds is 1. The summed E-state index contributed by atoms with van der Waals surface area (Å²) < 4.78 is 0. The smallest absolute Gasteiger partial charge is 0.232 e. The van der Waals surface area contributed by atoms with Gasteiger partial charge in [0, 0.05) is 12.4 Å². The predicted molar refractivity (Wildman–Crippen MR) is 44.3 cm³/mol. The average Bonchev–Trinajstić information content (AvgIpc) is 2.19. The molecule has 0 aliphatic rings. The zero-order valence-corrected chi connectivity index (χ0v) is 6.69. The highest BCUT2D eigenvalue weighted by Crippen LogP contribution is 1.92. The zero-order chi connectivity index (χ0) is 9.52. The number of nitrogens with zero attached hydrogens (tertiary/aromatic N) is 3. The van der Waals surface area contributed by atoms with Gasteiger partial charge >= 0.3 is 0 Å². The Kier molecular flexibility index (Phi) is 3.17. The number of carbonyl (C=O) groups is 1. The van der Waals surface area contributed by atoms with Crippen molar-refractivity contribution < 1.29 is 4.79 Å². The molecule has 13 heavy (non-hydrogen) atoms. The van der Waals surface area contributed by atoms with Crippen molar-refractivity contribution >= 4 is 6.29 Å². The quantitative estimate of drug-likeness (QED) is 0.450. The van der Waals surface area contributed by atoms with Gasteiger partial charge in [-0.1, -0.05) is 11.8 Å². The summed E-state index contributed by atoms with van der Waals surface area (Å²) in [6.07, 6.45) is 3.81. The summed E-state index contributed by atoms with van der Waals surface area (Å²) in [7, 11) is 0. The normalized spacial score (nSPS) is 7.92. The maximum Gasteiger partial charge on any atom is 0.232 e. The maximum absolute atomic E-state index is 9.92. The van der Waals surface area contributed by atoms with Crippen LogP contribution in [0.2, 0.25) is 0 Å². The van der Waals surface area contributed by atoms with E-state index in [4.69, 9.17) is 5.26 Å². The van der Waals surface area contributed by atoms with Gasteiger partial charge in [-0.2, -0.15) is 5.26 Å². The van der Waals surface area contributed by atoms with Gasteiger partial charge in [-0.3, -0.25) is 0 Å². The molecule has 0 saturated heterocycles. The van der Waals surface area contributed by atoms with Crippen molar-refractivity contribution in [3.8, 4) is 17.9 Å². The van der Waals surface area contributed by atoms with Crippen LogP contribution in [0.4, 0.5) is 0 Å². The predicted octanol–water partition coefficient (Wildman–Crippen LogP) is 0.289. The first-order valence-corrected chi connectivity index (χ1v) is 3.51. The molecule has 0 unspecified atom stereocenters. The van der Waals surface area contributed by atoms with Gasteiger partial charge in [0.15, 0.2) is 0 Å². The highest BCUT2D eigenvalue weighted by molar-refractivity contribution is 5.54. The van der Waals surface area contributed by atoms with Crippen molar-refractivity contribution in [2.45, 2.75) is 6.42 Å². The number of aldehydes is 1. The molecule has 0 N–H and O–H groups in total. The van der Waals surface area contributed by atoms with Crippen LogP contribution >= 0.6 is 0 Å². The molecule has 62 valence electrons. The lowest BCUT2D eigenvalue weighted by molar-refractivity contribution is -0.107. The molecular weight excluding hydrogens is 166 g/mol. The van der Waals surface area contributed by atoms with Crippen LogP contribution < -0.4 is 0 Å². The number of hydrogen-bond donors (Lipinski definition) is 0. The molecule has 1 aromatic rings. The van der Waals surface area contributed by atoms with E-state index in [0.29, 0.717) is 5.56 Å². The molecule has 0 amide bonds. The Balaban J connectivity index is 2.78. The van der Waals surface area contributed by atoms with E-state index in [0.717, 1.165) is 6.29 Å². The lowest BCUT2D eigenvalue weighted by Gasteiger charge is -1.87. The van der Waals surface area contributed by atoms with E-state index in [1.54, 1.807) is 6.07 Å². The van der Waals surface area contributed by atoms with Crippen molar-refractivity contribution in [2.75, 3.05) is 0 Å². The summed E-state index contributed by atoms with van der Waals surface area (Å²) in [5, 5.41) is 8.39. The minimum atomic E-state index is 0.112. The van der Waals surface area contributed by atoms with Crippen LogP contribution in [0.5, 0.6) is 0 Å². The number of hydrogen-bond acceptors (Lipinski definition) is 4. The molecule has 0 fully saturated rings. The molecule has 0 atom stereocenters. The summed E-state index contributed by atoms with van der Waals surface area (Å²) >= 11 is 0. The Bertz CT molecular complexity index is 392. The Hall–Kier alpha value is -2.20. The van der Waals surface area contributed by atoms with E-state index in [2.05, 4.69) is 21.8 Å². The lowest BCUT2D eigenvalue weighted by atomic mass is 10.3. The maximum atomic E-state index is 9.92. The third-order valence-corrected chi connectivity index (χ3v) is 1.17. The van der Waals surface area contributed by atoms with E-state index < -0.39 is 0 Å². The standard InChI is InChI=1S/C9H5N3O/c10-5-9-11-6-8(7-12-9)3-1-2-4-13/h4,6-7H,2H2. The van der Waals surface area contributed by atoms with Crippen molar-refractivity contribution in [3.63, 3.8) is 0 Å². The summed E-state index contributed by atoms with van der Waals surface area (Å²) in [5.41, 5.74) is 0.598. The third kappa shape index (κ3) is 2.72. The SMILES string of the molecule is N#Cc1ncc(C#CCC=O)cn1. The van der Waals surface area contributed by atoms with Crippen molar-refractivity contribution in [1.29, 1.82) is 5.26 Å². The largest absolute Gasteiger partial charge is 0.302 e. The molecular formula is C9H5N3O. The minimum Gasteiger partial charge on any atom is -0.302 e. The van der Waals surface area contributed by atoms with Crippen LogP contribution in [-0.2, 0) is 4.79 Å². The molecule has 0 saturated carbocycles. The lowest BCUT2D eigenvalue weighted by Crippen LogP contribution is -1.88. The molecule has 0 bridgehead atoms. The summed E-state index contributed by atoms with van der Waals surface area (Å²) in [6, 6.07) is 1.79. The highest BCUT2D eigenvalue weighted by atomic mass is 16.1. The zero-order valence-electron chi connectivity index (χ0n) is 6.69. The second kappa shape index (κ2) is 4.63. The fourth-order valence-electron chi connectivity index (χ4n) is 0.645. The van der Waals surface area contributed by atoms with Crippen LogP contribution in [0.15, 0.2) is 12.4 Å². The number of aromatic nitrogens is 2. The molecule has 1 heterocycles. The van der Waals surface area contributed by atoms with Gasteiger partial charge in [0.2, 0.25) is 5.82 Å². The Morgan fingerprint density at radius 2 is 2.15 bits per heavy atom. The molecule has 4 heteroatoms. The monoisotopic (exact) mass is 171 g/mol. The van der Waals surface area contributed by atoms with Gasteiger partial charge < -0.3 is 4.79 Å². The molecule has 4 nitrogen and oxygen atoms in total. The summed E-state index contributed by atoms with van der Waals surface area (Å²) in [4.78, 5) is 17.3. The van der Waals surface area contributed by atoms with E-state index in [-0.39, 0.29) is 12.2 Å². The fraction of sp³-hybridized carbons (Fsp3) is 0.111. The van der Waals surface area contributed by atoms with Crippen LogP contribution in [-0.4, -0.2) is 16.3 Å². The Morgan fingerprint density at radius 3 is 2.69 bits per heavy atom. The topological polar surface area (TPSA) is 66.6 Å². The van der Waals surface area contributed by atoms with Gasteiger partial charge in [0.25, 0.3) is 0 Å². The summed E-state index contributed by atoms with van der Waals surface area (Å²) in [6.45, 7) is 0. The average molecular weight is 171 g/mol. The third-order valence-electron chi connectivity index (χ3n) is 1.17. The first kappa shape index (κ1) is 8.89. The highest BCUT2D eigenvalue weighted by Gasteiger charge is 1.91. The first-order valence-electron chi connectivity index (χ1n) is 3.51. The van der Waals surface area contributed by atoms with Gasteiger partial charge in [0.1, 0.15) is 12.4 Å². The second-order valence-electron chi connectivity index (χ2n) is 2.08. The Labute approximate surface area is 75.2 Å².